The molecule has 0 heterocycles. The van der Waals surface area contributed by atoms with Crippen LogP contribution in [0.3, 0.4) is 0 Å². The lowest BCUT2D eigenvalue weighted by molar-refractivity contribution is -0.387. The molecule has 2 N–H and O–H groups in total. The Bertz CT molecular complexity index is 398. The topological polar surface area (TPSA) is 92.5 Å². The first-order valence-corrected chi connectivity index (χ1v) is 6.72. The van der Waals surface area contributed by atoms with Gasteiger partial charge in [-0.2, -0.15) is 0 Å². The molecule has 0 saturated heterocycles. The van der Waals surface area contributed by atoms with E-state index in [9.17, 15) is 14.3 Å². The number of hydrogen-bond donors (Lipinski definition) is 2. The first kappa shape index (κ1) is 16.7. The van der Waals surface area contributed by atoms with Gasteiger partial charge in [-0.25, -0.2) is 8.93 Å². The van der Waals surface area contributed by atoms with Crippen LogP contribution in [0, 0.1) is 10.1 Å². The smallest absolute Gasteiger partial charge is 0.286 e. The van der Waals surface area contributed by atoms with Gasteiger partial charge in [0.05, 0.1) is 11.5 Å². The zero-order valence-corrected chi connectivity index (χ0v) is 11.3. The minimum atomic E-state index is -1.67. The summed E-state index contributed by atoms with van der Waals surface area (Å²) in [6.45, 7) is 4.20. The molecular formula is C11H18N2O4S. The van der Waals surface area contributed by atoms with Crippen molar-refractivity contribution in [1.29, 1.82) is 0 Å². The molecule has 0 aromatic heterocycles. The molecule has 0 fully saturated rings. The summed E-state index contributed by atoms with van der Waals surface area (Å²) in [5.74, 6) is 0. The largest absolute Gasteiger partial charge is 0.395 e. The average Bonchev–Trinajstić information content (AvgIpc) is 2.36. The third-order valence-electron chi connectivity index (χ3n) is 1.61. The molecule has 0 bridgehead atoms. The fourth-order valence-corrected chi connectivity index (χ4v) is 1.95. The Morgan fingerprint density at radius 2 is 1.94 bits per heavy atom. The zero-order chi connectivity index (χ0) is 14.0. The number of nitro groups is 1. The Labute approximate surface area is 109 Å². The fourth-order valence-electron chi connectivity index (χ4n) is 0.981. The van der Waals surface area contributed by atoms with E-state index in [1.807, 2.05) is 0 Å². The van der Waals surface area contributed by atoms with E-state index in [2.05, 4.69) is 18.6 Å². The third-order valence-corrected chi connectivity index (χ3v) is 2.82. The predicted octanol–water partition coefficient (Wildman–Crippen LogP) is 1.62. The lowest BCUT2D eigenvalue weighted by Crippen LogP contribution is -2.21. The summed E-state index contributed by atoms with van der Waals surface area (Å²) in [6.07, 6.45) is 1.25. The highest BCUT2D eigenvalue weighted by Crippen LogP contribution is 2.20. The summed E-state index contributed by atoms with van der Waals surface area (Å²) in [5, 5.41) is 19.1. The molecule has 0 aliphatic heterocycles. The average molecular weight is 274 g/mol. The van der Waals surface area contributed by atoms with Gasteiger partial charge in [-0.15, -0.1) is 0 Å². The maximum atomic E-state index is 11.5. The van der Waals surface area contributed by atoms with Gasteiger partial charge in [-0.05, 0) is 6.07 Å². The van der Waals surface area contributed by atoms with Crippen LogP contribution < -0.4 is 4.72 Å². The Morgan fingerprint density at radius 3 is 2.44 bits per heavy atom. The van der Waals surface area contributed by atoms with Crippen molar-refractivity contribution in [2.45, 2.75) is 25.2 Å². The van der Waals surface area contributed by atoms with Gasteiger partial charge in [0.2, 0.25) is 0 Å². The second kappa shape index (κ2) is 9.69. The van der Waals surface area contributed by atoms with E-state index in [0.29, 0.717) is 0 Å². The number of nitro benzene ring substituents is 1. The molecule has 0 saturated carbocycles. The van der Waals surface area contributed by atoms with E-state index in [1.165, 1.54) is 24.6 Å². The van der Waals surface area contributed by atoms with Gasteiger partial charge < -0.3 is 5.11 Å². The monoisotopic (exact) mass is 274 g/mol. The highest BCUT2D eigenvalue weighted by Gasteiger charge is 2.17. The van der Waals surface area contributed by atoms with Crippen molar-refractivity contribution in [2.24, 2.45) is 0 Å². The number of nitrogens with one attached hydrogen (secondary N) is 1. The molecule has 102 valence electrons. The Morgan fingerprint density at radius 1 is 1.39 bits per heavy atom. The Kier molecular flexibility index (Phi) is 8.99. The number of para-hydroxylation sites is 1. The zero-order valence-electron chi connectivity index (χ0n) is 10.5. The molecule has 0 amide bonds. The number of hydrogen-bond acceptors (Lipinski definition) is 4. The van der Waals surface area contributed by atoms with Crippen molar-refractivity contribution >= 4 is 16.7 Å². The van der Waals surface area contributed by atoms with E-state index in [-0.39, 0.29) is 23.7 Å². The minimum absolute atomic E-state index is 0.107. The molecule has 18 heavy (non-hydrogen) atoms. The maximum absolute atomic E-state index is 11.5. The van der Waals surface area contributed by atoms with Gasteiger partial charge in [0.25, 0.3) is 5.69 Å². The first-order valence-electron chi connectivity index (χ1n) is 5.58. The van der Waals surface area contributed by atoms with Crippen LogP contribution in [0.2, 0.25) is 0 Å². The lowest BCUT2D eigenvalue weighted by atomic mass is 10.3. The van der Waals surface area contributed by atoms with E-state index in [0.717, 1.165) is 0 Å². The predicted molar refractivity (Wildman–Crippen MR) is 70.6 cm³/mol. The Balaban J connectivity index is 0.000000873. The number of rotatable bonds is 5. The molecule has 1 unspecified atom stereocenters. The summed E-state index contributed by atoms with van der Waals surface area (Å²) >= 11 is 0. The van der Waals surface area contributed by atoms with E-state index in [4.69, 9.17) is 5.11 Å². The van der Waals surface area contributed by atoms with Crippen LogP contribution >= 0.6 is 0 Å². The van der Waals surface area contributed by atoms with Gasteiger partial charge in [-0.1, -0.05) is 32.4 Å². The third kappa shape index (κ3) is 5.85. The number of nitrogens with zero attached hydrogens (tertiary/aromatic N) is 1. The summed E-state index contributed by atoms with van der Waals surface area (Å²) in [6, 6.07) is 5.78. The van der Waals surface area contributed by atoms with E-state index < -0.39 is 15.9 Å². The summed E-state index contributed by atoms with van der Waals surface area (Å²) < 4.78 is 14.0. The van der Waals surface area contributed by atoms with Gasteiger partial charge in [0.1, 0.15) is 15.9 Å². The molecule has 0 spiro atoms. The second-order valence-corrected chi connectivity index (χ2v) is 4.58. The van der Waals surface area contributed by atoms with Crippen LogP contribution in [0.5, 0.6) is 0 Å². The second-order valence-electron chi connectivity index (χ2n) is 3.32. The summed E-state index contributed by atoms with van der Waals surface area (Å²) in [7, 11) is -1.67. The van der Waals surface area contributed by atoms with Crippen molar-refractivity contribution in [3.63, 3.8) is 0 Å². The molecule has 1 rings (SSSR count). The standard InChI is InChI=1S/C8H10N2O4S.C3H8/c11-6-5-9-15(14)8-4-2-1-3-7(8)10(12)13;1-3-2/h1-4,9,11H,5-6H2;3H2,1-2H3. The van der Waals surface area contributed by atoms with Crippen LogP contribution in [0.25, 0.3) is 0 Å². The maximum Gasteiger partial charge on any atom is 0.286 e. The molecule has 0 radical (unpaired) electrons. The van der Waals surface area contributed by atoms with Crippen LogP contribution in [-0.2, 0) is 11.0 Å². The van der Waals surface area contributed by atoms with Crippen LogP contribution in [0.15, 0.2) is 29.2 Å². The van der Waals surface area contributed by atoms with Crippen LogP contribution in [0.1, 0.15) is 20.3 Å². The lowest BCUT2D eigenvalue weighted by Gasteiger charge is -2.03. The molecule has 1 atom stereocenters. The van der Waals surface area contributed by atoms with Gasteiger partial charge in [0, 0.05) is 12.6 Å². The van der Waals surface area contributed by atoms with Crippen molar-refractivity contribution in [3.05, 3.63) is 34.4 Å². The Hall–Kier alpha value is -1.31. The van der Waals surface area contributed by atoms with Crippen molar-refractivity contribution < 1.29 is 14.2 Å². The first-order chi connectivity index (χ1) is 8.58. The highest BCUT2D eigenvalue weighted by atomic mass is 32.2. The van der Waals surface area contributed by atoms with Gasteiger partial charge in [-0.3, -0.25) is 10.1 Å². The van der Waals surface area contributed by atoms with Gasteiger partial charge in [0.15, 0.2) is 0 Å². The number of aliphatic hydroxyl groups excluding tert-OH is 1. The fraction of sp³-hybridized carbons (Fsp3) is 0.455. The van der Waals surface area contributed by atoms with Crippen LogP contribution in [0.4, 0.5) is 5.69 Å². The van der Waals surface area contributed by atoms with E-state index in [1.54, 1.807) is 6.07 Å². The molecule has 0 aliphatic carbocycles. The highest BCUT2D eigenvalue weighted by molar-refractivity contribution is 7.83. The SMILES string of the molecule is CCC.O=[N+]([O-])c1ccccc1S(=O)NCCO. The van der Waals surface area contributed by atoms with E-state index >= 15 is 0 Å². The molecule has 0 aliphatic rings. The van der Waals surface area contributed by atoms with Crippen molar-refractivity contribution in [2.75, 3.05) is 13.2 Å². The molecule has 1 aromatic carbocycles. The van der Waals surface area contributed by atoms with Crippen LogP contribution in [-0.4, -0.2) is 27.4 Å². The van der Waals surface area contributed by atoms with Crippen molar-refractivity contribution in [3.8, 4) is 0 Å². The number of benzene rings is 1. The molecule has 6 nitrogen and oxygen atoms in total. The normalized spacial score (nSPS) is 11.3. The minimum Gasteiger partial charge on any atom is -0.395 e. The summed E-state index contributed by atoms with van der Waals surface area (Å²) in [5.41, 5.74) is -0.193. The number of aliphatic hydroxyl groups is 1. The van der Waals surface area contributed by atoms with Crippen molar-refractivity contribution in [1.82, 2.24) is 4.72 Å². The summed E-state index contributed by atoms with van der Waals surface area (Å²) in [4.78, 5) is 10.1. The molecule has 7 heteroatoms. The quantitative estimate of drug-likeness (QED) is 0.630. The molecular weight excluding hydrogens is 256 g/mol. The van der Waals surface area contributed by atoms with Gasteiger partial charge >= 0.3 is 0 Å². The molecule has 1 aromatic rings.